The SMILES string of the molecule is COc1cc2nccc(Oc3ccc4c(c3)OCCN4[C@@H](C)c3ccccc3)c2cc1OC. The van der Waals surface area contributed by atoms with Gasteiger partial charge in [-0.2, -0.15) is 0 Å². The highest BCUT2D eigenvalue weighted by Gasteiger charge is 2.24. The van der Waals surface area contributed by atoms with Gasteiger partial charge in [0.15, 0.2) is 11.5 Å². The third kappa shape index (κ3) is 4.00. The van der Waals surface area contributed by atoms with Crippen LogP contribution in [0.5, 0.6) is 28.7 Å². The van der Waals surface area contributed by atoms with Crippen LogP contribution in [0, 0.1) is 0 Å². The predicted molar refractivity (Wildman–Crippen MR) is 129 cm³/mol. The Kier molecular flexibility index (Phi) is 5.65. The van der Waals surface area contributed by atoms with Gasteiger partial charge in [-0.15, -0.1) is 0 Å². The summed E-state index contributed by atoms with van der Waals surface area (Å²) in [7, 11) is 3.22. The van der Waals surface area contributed by atoms with Gasteiger partial charge in [-0.1, -0.05) is 30.3 Å². The molecule has 3 aromatic carbocycles. The van der Waals surface area contributed by atoms with E-state index in [2.05, 4.69) is 47.1 Å². The highest BCUT2D eigenvalue weighted by atomic mass is 16.5. The normalized spacial score (nSPS) is 13.7. The van der Waals surface area contributed by atoms with Crippen molar-refractivity contribution in [1.29, 1.82) is 0 Å². The molecule has 0 fully saturated rings. The van der Waals surface area contributed by atoms with E-state index in [1.807, 2.05) is 36.4 Å². The summed E-state index contributed by atoms with van der Waals surface area (Å²) in [6, 6.07) is 22.3. The molecule has 6 heteroatoms. The Bertz CT molecular complexity index is 1280. The lowest BCUT2D eigenvalue weighted by atomic mass is 10.1. The summed E-state index contributed by atoms with van der Waals surface area (Å²) in [6.45, 7) is 3.68. The number of ether oxygens (including phenoxy) is 4. The van der Waals surface area contributed by atoms with Crippen LogP contribution < -0.4 is 23.8 Å². The molecule has 2 heterocycles. The van der Waals surface area contributed by atoms with Crippen molar-refractivity contribution in [2.45, 2.75) is 13.0 Å². The Morgan fingerprint density at radius 1 is 0.909 bits per heavy atom. The van der Waals surface area contributed by atoms with Gasteiger partial charge in [-0.25, -0.2) is 0 Å². The average Bonchev–Trinajstić information content (AvgIpc) is 2.87. The van der Waals surface area contributed by atoms with E-state index in [-0.39, 0.29) is 6.04 Å². The van der Waals surface area contributed by atoms with Crippen LogP contribution in [0.3, 0.4) is 0 Å². The third-order valence-corrected chi connectivity index (χ3v) is 6.01. The Balaban J connectivity index is 1.46. The van der Waals surface area contributed by atoms with Crippen LogP contribution in [0.15, 0.2) is 72.9 Å². The molecule has 1 aliphatic rings. The van der Waals surface area contributed by atoms with Crippen LogP contribution in [0.4, 0.5) is 5.69 Å². The largest absolute Gasteiger partial charge is 0.493 e. The molecule has 0 N–H and O–H groups in total. The topological polar surface area (TPSA) is 53.0 Å². The Morgan fingerprint density at radius 2 is 1.70 bits per heavy atom. The summed E-state index contributed by atoms with van der Waals surface area (Å²) in [5.74, 6) is 3.46. The number of hydrogen-bond donors (Lipinski definition) is 0. The minimum absolute atomic E-state index is 0.243. The molecule has 0 saturated carbocycles. The Hall–Kier alpha value is -3.93. The number of methoxy groups -OCH3 is 2. The van der Waals surface area contributed by atoms with Crippen molar-refractivity contribution < 1.29 is 18.9 Å². The first-order valence-corrected chi connectivity index (χ1v) is 10.9. The number of benzene rings is 3. The summed E-state index contributed by atoms with van der Waals surface area (Å²) in [5, 5.41) is 0.841. The standard InChI is InChI=1S/C27H26N2O4/c1-18(19-7-5-4-6-8-19)29-13-14-32-25-15-20(9-10-23(25)29)33-24-11-12-28-22-17-27(31-3)26(30-2)16-21(22)24/h4-12,15-18H,13-14H2,1-3H3/t18-/m0/s1. The molecule has 0 aliphatic carbocycles. The van der Waals surface area contributed by atoms with Crippen LogP contribution in [0.25, 0.3) is 10.9 Å². The lowest BCUT2D eigenvalue weighted by Gasteiger charge is -2.36. The fourth-order valence-corrected chi connectivity index (χ4v) is 4.26. The molecule has 168 valence electrons. The number of rotatable bonds is 6. The van der Waals surface area contributed by atoms with Gasteiger partial charge < -0.3 is 23.8 Å². The Morgan fingerprint density at radius 3 is 2.48 bits per heavy atom. The number of aromatic nitrogens is 1. The molecule has 0 bridgehead atoms. The molecule has 0 unspecified atom stereocenters. The zero-order chi connectivity index (χ0) is 22.8. The van der Waals surface area contributed by atoms with Crippen molar-refractivity contribution in [2.24, 2.45) is 0 Å². The fraction of sp³-hybridized carbons (Fsp3) is 0.222. The second-order valence-corrected chi connectivity index (χ2v) is 7.89. The molecule has 0 amide bonds. The molecule has 4 aromatic rings. The molecule has 5 rings (SSSR count). The molecular weight excluding hydrogens is 416 g/mol. The van der Waals surface area contributed by atoms with E-state index in [1.54, 1.807) is 20.4 Å². The summed E-state index contributed by atoms with van der Waals surface area (Å²) in [5.41, 5.74) is 3.11. The molecule has 0 spiro atoms. The monoisotopic (exact) mass is 442 g/mol. The van der Waals surface area contributed by atoms with Crippen LogP contribution in [0.2, 0.25) is 0 Å². The third-order valence-electron chi connectivity index (χ3n) is 6.01. The van der Waals surface area contributed by atoms with Gasteiger partial charge >= 0.3 is 0 Å². The Labute approximate surface area is 193 Å². The zero-order valence-corrected chi connectivity index (χ0v) is 18.9. The van der Waals surface area contributed by atoms with Crippen LogP contribution >= 0.6 is 0 Å². The van der Waals surface area contributed by atoms with Gasteiger partial charge in [-0.05, 0) is 36.8 Å². The van der Waals surface area contributed by atoms with Crippen molar-refractivity contribution in [3.05, 3.63) is 78.5 Å². The molecule has 33 heavy (non-hydrogen) atoms. The van der Waals surface area contributed by atoms with Crippen molar-refractivity contribution in [1.82, 2.24) is 4.98 Å². The second-order valence-electron chi connectivity index (χ2n) is 7.89. The van der Waals surface area contributed by atoms with Crippen molar-refractivity contribution in [3.63, 3.8) is 0 Å². The number of fused-ring (bicyclic) bond motifs is 2. The van der Waals surface area contributed by atoms with E-state index in [0.717, 1.165) is 28.9 Å². The van der Waals surface area contributed by atoms with Crippen LogP contribution in [0.1, 0.15) is 18.5 Å². The second kappa shape index (κ2) is 8.90. The highest BCUT2D eigenvalue weighted by molar-refractivity contribution is 5.88. The first kappa shape index (κ1) is 20.9. The van der Waals surface area contributed by atoms with E-state index < -0.39 is 0 Å². The number of hydrogen-bond acceptors (Lipinski definition) is 6. The lowest BCUT2D eigenvalue weighted by molar-refractivity contribution is 0.300. The van der Waals surface area contributed by atoms with E-state index in [4.69, 9.17) is 18.9 Å². The number of anilines is 1. The quantitative estimate of drug-likeness (QED) is 0.365. The molecule has 1 aliphatic heterocycles. The average molecular weight is 443 g/mol. The van der Waals surface area contributed by atoms with E-state index in [9.17, 15) is 0 Å². The maximum absolute atomic E-state index is 6.28. The summed E-state index contributed by atoms with van der Waals surface area (Å²) in [4.78, 5) is 6.82. The minimum atomic E-state index is 0.243. The number of pyridine rings is 1. The van der Waals surface area contributed by atoms with Crippen molar-refractivity contribution in [2.75, 3.05) is 32.3 Å². The molecular formula is C27H26N2O4. The van der Waals surface area contributed by atoms with Gasteiger partial charge in [0, 0.05) is 23.7 Å². The smallest absolute Gasteiger partial charge is 0.162 e. The first-order valence-electron chi connectivity index (χ1n) is 10.9. The van der Waals surface area contributed by atoms with E-state index >= 15 is 0 Å². The predicted octanol–water partition coefficient (Wildman–Crippen LogP) is 6.00. The van der Waals surface area contributed by atoms with Gasteiger partial charge in [0.05, 0.1) is 38.0 Å². The minimum Gasteiger partial charge on any atom is -0.493 e. The number of nitrogens with zero attached hydrogens (tertiary/aromatic N) is 2. The molecule has 6 nitrogen and oxygen atoms in total. The maximum atomic E-state index is 6.28. The zero-order valence-electron chi connectivity index (χ0n) is 18.9. The highest BCUT2D eigenvalue weighted by Crippen LogP contribution is 2.41. The summed E-state index contributed by atoms with van der Waals surface area (Å²) < 4.78 is 23.1. The van der Waals surface area contributed by atoms with Gasteiger partial charge in [-0.3, -0.25) is 4.98 Å². The van der Waals surface area contributed by atoms with Crippen molar-refractivity contribution in [3.8, 4) is 28.7 Å². The summed E-state index contributed by atoms with van der Waals surface area (Å²) >= 11 is 0. The molecule has 1 atom stereocenters. The van der Waals surface area contributed by atoms with Crippen LogP contribution in [-0.4, -0.2) is 32.4 Å². The molecule has 1 aromatic heterocycles. The lowest BCUT2D eigenvalue weighted by Crippen LogP contribution is -2.34. The summed E-state index contributed by atoms with van der Waals surface area (Å²) in [6.07, 6.45) is 1.72. The van der Waals surface area contributed by atoms with Gasteiger partial charge in [0.25, 0.3) is 0 Å². The van der Waals surface area contributed by atoms with E-state index in [0.29, 0.717) is 29.6 Å². The van der Waals surface area contributed by atoms with Crippen LogP contribution in [-0.2, 0) is 0 Å². The van der Waals surface area contributed by atoms with Gasteiger partial charge in [0.1, 0.15) is 23.9 Å². The fourth-order valence-electron chi connectivity index (χ4n) is 4.26. The van der Waals surface area contributed by atoms with Crippen molar-refractivity contribution >= 4 is 16.6 Å². The molecule has 0 radical (unpaired) electrons. The first-order chi connectivity index (χ1) is 16.2. The van der Waals surface area contributed by atoms with Gasteiger partial charge in [0.2, 0.25) is 0 Å². The molecule has 0 saturated heterocycles. The van der Waals surface area contributed by atoms with E-state index in [1.165, 1.54) is 5.56 Å². The maximum Gasteiger partial charge on any atom is 0.162 e.